The Balaban J connectivity index is 1.90. The molecule has 1 aliphatic rings. The lowest BCUT2D eigenvalue weighted by molar-refractivity contribution is -0.144. The summed E-state index contributed by atoms with van der Waals surface area (Å²) in [6, 6.07) is -13.8. The van der Waals surface area contributed by atoms with Crippen LogP contribution in [-0.4, -0.2) is 260 Å². The largest absolute Gasteiger partial charge is 0.480 e. The van der Waals surface area contributed by atoms with Crippen molar-refractivity contribution in [3.8, 4) is 0 Å². The van der Waals surface area contributed by atoms with E-state index in [-0.39, 0.29) is 69.2 Å². The fraction of sp³-hybridized carbons (Fsp3) is 0.652. The Labute approximate surface area is 642 Å². The molecule has 610 valence electrons. The Morgan fingerprint density at radius 1 is 0.606 bits per heavy atom. The molecule has 16 atom stereocenters. The van der Waals surface area contributed by atoms with Gasteiger partial charge in [0.15, 0.2) is 5.96 Å². The molecule has 38 nitrogen and oxygen atoms in total. The summed E-state index contributed by atoms with van der Waals surface area (Å²) in [5, 5.41) is 70.6. The first-order valence-electron chi connectivity index (χ1n) is 36.1. The number of primary amides is 1. The van der Waals surface area contributed by atoms with Gasteiger partial charge in [-0.25, -0.2) is 4.79 Å². The van der Waals surface area contributed by atoms with Gasteiger partial charge < -0.3 is 117 Å². The SMILES string of the molecule is CC[C@H](C)[C@H](NC(=O)[C@@H](NC(=O)[C@@H](N)CCSC)C(C)C)C(=O)N[C@@H](CCCN=C(N)N)C(=O)N[C@@H](CC(C)C)C(=O)N[C@@H](CO)C(=O)N[C@@H](CC(N)=O)C(=O)N[C@@H](Cc1c[nH]c2ccccc12)C(=O)N[C@@H](C)C(=O)N1CCC[C@H]1C(=O)N[C@H](C(=O)N[C@@H](CS)C(=O)N[C@H](C(=O)N[C@@H](CO)C(=O)O)C(C)C)[C@@H](C)O. The molecule has 1 aliphatic heterocycles. The highest BCUT2D eigenvalue weighted by Gasteiger charge is 2.42. The minimum absolute atomic E-state index is 0.000857. The lowest BCUT2D eigenvalue weighted by Crippen LogP contribution is -2.62. The maximum atomic E-state index is 14.6. The van der Waals surface area contributed by atoms with E-state index in [4.69, 9.17) is 22.9 Å². The minimum Gasteiger partial charge on any atom is -0.480 e. The topological polar surface area (TPSA) is 617 Å². The number of nitrogens with two attached hydrogens (primary N) is 4. The number of aromatic amines is 1. The van der Waals surface area contributed by atoms with Gasteiger partial charge in [0.05, 0.1) is 31.8 Å². The van der Waals surface area contributed by atoms with E-state index in [2.05, 4.69) is 86.4 Å². The van der Waals surface area contributed by atoms with Crippen molar-refractivity contribution >= 4 is 130 Å². The van der Waals surface area contributed by atoms with Crippen molar-refractivity contribution in [2.24, 2.45) is 51.6 Å². The number of nitrogens with one attached hydrogen (secondary N) is 13. The molecule has 0 spiro atoms. The van der Waals surface area contributed by atoms with Crippen LogP contribution in [-0.2, 0) is 78.3 Å². The molecule has 0 aliphatic carbocycles. The number of aliphatic hydroxyl groups excluding tert-OH is 3. The number of carboxylic acid groups (broad SMARTS) is 1. The molecule has 1 aromatic carbocycles. The van der Waals surface area contributed by atoms with Crippen molar-refractivity contribution in [3.05, 3.63) is 36.0 Å². The minimum atomic E-state index is -1.92. The maximum absolute atomic E-state index is 14.6. The van der Waals surface area contributed by atoms with Crippen LogP contribution in [0.5, 0.6) is 0 Å². The molecule has 3 rings (SSSR count). The van der Waals surface area contributed by atoms with E-state index in [1.165, 1.54) is 32.5 Å². The van der Waals surface area contributed by atoms with Crippen molar-refractivity contribution in [3.63, 3.8) is 0 Å². The van der Waals surface area contributed by atoms with Crippen LogP contribution in [0.25, 0.3) is 10.9 Å². The van der Waals surface area contributed by atoms with Crippen LogP contribution in [0.2, 0.25) is 0 Å². The summed E-state index contributed by atoms with van der Waals surface area (Å²) in [5.41, 5.74) is 23.9. The van der Waals surface area contributed by atoms with E-state index >= 15 is 0 Å². The zero-order valence-electron chi connectivity index (χ0n) is 63.4. The molecule has 1 aromatic heterocycles. The van der Waals surface area contributed by atoms with Crippen molar-refractivity contribution in [1.82, 2.24) is 73.7 Å². The lowest BCUT2D eigenvalue weighted by atomic mass is 9.95. The van der Waals surface area contributed by atoms with Crippen LogP contribution in [0.1, 0.15) is 126 Å². The van der Waals surface area contributed by atoms with E-state index < -0.39 is 217 Å². The molecule has 109 heavy (non-hydrogen) atoms. The number of fused-ring (bicyclic) bond motifs is 1. The van der Waals surface area contributed by atoms with Crippen LogP contribution >= 0.6 is 24.4 Å². The van der Waals surface area contributed by atoms with Gasteiger partial charge in [0.2, 0.25) is 82.7 Å². The molecule has 0 bridgehead atoms. The number of aliphatic carboxylic acids is 1. The molecular formula is C69H113N19O19S2. The molecule has 0 radical (unpaired) electrons. The first-order valence-corrected chi connectivity index (χ1v) is 38.1. The highest BCUT2D eigenvalue weighted by molar-refractivity contribution is 7.98. The molecule has 0 unspecified atom stereocenters. The van der Waals surface area contributed by atoms with Gasteiger partial charge in [-0.05, 0) is 99.7 Å². The molecule has 1 fully saturated rings. The number of thioether (sulfide) groups is 1. The number of carboxylic acids is 1. The van der Waals surface area contributed by atoms with Gasteiger partial charge in [0.1, 0.15) is 78.5 Å². The van der Waals surface area contributed by atoms with Crippen LogP contribution in [0, 0.1) is 23.7 Å². The quantitative estimate of drug-likeness (QED) is 0.0127. The molecule has 2 heterocycles. The Hall–Kier alpha value is -9.38. The second-order valence-corrected chi connectivity index (χ2v) is 29.3. The summed E-state index contributed by atoms with van der Waals surface area (Å²) in [6.07, 6.45) is 1.43. The number of aromatic nitrogens is 1. The van der Waals surface area contributed by atoms with E-state index in [9.17, 15) is 92.3 Å². The fourth-order valence-electron chi connectivity index (χ4n) is 11.6. The van der Waals surface area contributed by atoms with E-state index in [0.717, 1.165) is 11.8 Å². The third kappa shape index (κ3) is 29.9. The Morgan fingerprint density at radius 3 is 1.66 bits per heavy atom. The van der Waals surface area contributed by atoms with Crippen LogP contribution in [0.15, 0.2) is 35.5 Å². The number of hydrogen-bond donors (Lipinski definition) is 22. The van der Waals surface area contributed by atoms with Crippen molar-refractivity contribution in [2.75, 3.05) is 44.1 Å². The van der Waals surface area contributed by atoms with Gasteiger partial charge in [-0.15, -0.1) is 0 Å². The molecule has 40 heteroatoms. The van der Waals surface area contributed by atoms with Crippen LogP contribution in [0.3, 0.4) is 0 Å². The number of carbonyl (C=O) groups is 15. The number of rotatable bonds is 47. The summed E-state index contributed by atoms with van der Waals surface area (Å²) >= 11 is 5.65. The van der Waals surface area contributed by atoms with E-state index in [1.54, 1.807) is 72.0 Å². The number of H-pyrrole nitrogens is 1. The monoisotopic (exact) mass is 1580 g/mol. The first kappa shape index (κ1) is 93.8. The Bertz CT molecular complexity index is 3500. The number of aliphatic imine (C=N–C) groups is 1. The summed E-state index contributed by atoms with van der Waals surface area (Å²) in [4.78, 5) is 215. The predicted molar refractivity (Wildman–Crippen MR) is 406 cm³/mol. The van der Waals surface area contributed by atoms with Crippen LogP contribution in [0.4, 0.5) is 0 Å². The van der Waals surface area contributed by atoms with Gasteiger partial charge in [-0.3, -0.25) is 72.1 Å². The first-order chi connectivity index (χ1) is 51.2. The summed E-state index contributed by atoms with van der Waals surface area (Å²) in [5.74, 6) is -16.9. The van der Waals surface area contributed by atoms with Gasteiger partial charge in [-0.1, -0.05) is 80.0 Å². The summed E-state index contributed by atoms with van der Waals surface area (Å²) in [6.45, 7) is 13.7. The molecule has 1 saturated heterocycles. The summed E-state index contributed by atoms with van der Waals surface area (Å²) < 4.78 is 0. The molecule has 0 saturated carbocycles. The second-order valence-electron chi connectivity index (χ2n) is 28.0. The number of aliphatic hydroxyl groups is 3. The number of carbonyl (C=O) groups excluding carboxylic acids is 14. The van der Waals surface area contributed by atoms with Crippen molar-refractivity contribution in [2.45, 2.75) is 218 Å². The Kier molecular flexibility index (Phi) is 39.8. The summed E-state index contributed by atoms with van der Waals surface area (Å²) in [7, 11) is 0. The number of thiol groups is 1. The molecule has 2 aromatic rings. The zero-order chi connectivity index (χ0) is 82.3. The predicted octanol–water partition coefficient (Wildman–Crippen LogP) is -5.67. The van der Waals surface area contributed by atoms with Gasteiger partial charge in [0, 0.05) is 42.4 Å². The van der Waals surface area contributed by atoms with Gasteiger partial charge >= 0.3 is 5.97 Å². The molecular weight excluding hydrogens is 1460 g/mol. The van der Waals surface area contributed by atoms with Crippen molar-refractivity contribution < 1.29 is 92.3 Å². The number of guanidine groups is 1. The van der Waals surface area contributed by atoms with E-state index in [0.29, 0.717) is 35.1 Å². The molecule has 25 N–H and O–H groups in total. The smallest absolute Gasteiger partial charge is 0.328 e. The number of amides is 14. The van der Waals surface area contributed by atoms with E-state index in [1.807, 2.05) is 6.26 Å². The van der Waals surface area contributed by atoms with Gasteiger partial charge in [0.25, 0.3) is 0 Å². The number of benzene rings is 1. The van der Waals surface area contributed by atoms with Gasteiger partial charge in [-0.2, -0.15) is 24.4 Å². The van der Waals surface area contributed by atoms with Crippen LogP contribution < -0.4 is 86.7 Å². The fourth-order valence-corrected chi connectivity index (χ4v) is 12.3. The highest BCUT2D eigenvalue weighted by atomic mass is 32.2. The average molecular weight is 1580 g/mol. The second kappa shape index (κ2) is 46.2. The number of nitrogens with zero attached hydrogens (tertiary/aromatic N) is 2. The maximum Gasteiger partial charge on any atom is 0.328 e. The van der Waals surface area contributed by atoms with Crippen molar-refractivity contribution in [1.29, 1.82) is 0 Å². The number of para-hydroxylation sites is 1. The number of likely N-dealkylation sites (tertiary alicyclic amines) is 1. The standard InChI is InChI=1S/C69H113N19O19S2/c1-12-35(8)53(86-64(102)52(34(6)7)84-55(93)40(70)21-24-109-11)65(103)77-42(19-15-22-74-69(72)73)56(94)78-43(25-32(2)3)58(96)81-46(29-89)60(98)80-45(27-50(71)92)59(97)79-44(26-38-28-75-41-18-14-13-17-39(38)41)57(95)76-36(9)67(105)88-23-16-20-49(88)62(100)87-54(37(10)91)66(104)83-48(31-108)61(99)85-51(33(4)5)63(101)82-47(30-90)68(106)107/h13-14,17-18,28,32-37,40,42-49,51-54,75,89-91,108H,12,15-16,19-27,29-31,70H2,1-11H3,(H2,71,92)(H,76,95)(H,77,103)(H,78,94)(H,79,97)(H,80,98)(H,81,96)(H,82,101)(H,83,104)(H,84,93)(H,85,99)(H,86,102)(H,87,100)(H,106,107)(H4,72,73,74)/t35-,36-,37+,40-,42-,43-,44-,45-,46-,47-,48-,49-,51-,52-,53-,54-/m0/s1. The Morgan fingerprint density at radius 2 is 1.10 bits per heavy atom. The third-order valence-electron chi connectivity index (χ3n) is 18.0. The molecule has 14 amide bonds. The zero-order valence-corrected chi connectivity index (χ0v) is 65.1. The normalized spacial score (nSPS) is 16.9. The third-order valence-corrected chi connectivity index (χ3v) is 19.0. The lowest BCUT2D eigenvalue weighted by Gasteiger charge is -2.30. The average Bonchev–Trinajstić information content (AvgIpc) is 1.73. The highest BCUT2D eigenvalue weighted by Crippen LogP contribution is 2.22. The number of hydrogen-bond acceptors (Lipinski definition) is 22.